The number of benzene rings is 1. The van der Waals surface area contributed by atoms with Gasteiger partial charge in [0.25, 0.3) is 5.91 Å². The average Bonchev–Trinajstić information content (AvgIpc) is 2.37. The molecule has 6 heteroatoms. The molecule has 1 atom stereocenters. The van der Waals surface area contributed by atoms with E-state index in [4.69, 9.17) is 5.73 Å². The van der Waals surface area contributed by atoms with Crippen LogP contribution in [0.1, 0.15) is 49.5 Å². The normalized spacial score (nSPS) is 11.5. The van der Waals surface area contributed by atoms with Crippen LogP contribution in [0.3, 0.4) is 0 Å². The Labute approximate surface area is 138 Å². The lowest BCUT2D eigenvalue weighted by molar-refractivity contribution is -0.117. The largest absolute Gasteiger partial charge is 0.350 e. The van der Waals surface area contributed by atoms with E-state index >= 15 is 0 Å². The van der Waals surface area contributed by atoms with Gasteiger partial charge >= 0.3 is 0 Å². The molecule has 0 aliphatic heterocycles. The van der Waals surface area contributed by atoms with Gasteiger partial charge in [0.05, 0.1) is 6.04 Å². The van der Waals surface area contributed by atoms with Crippen molar-refractivity contribution < 1.29 is 9.59 Å². The van der Waals surface area contributed by atoms with Crippen LogP contribution in [0.5, 0.6) is 0 Å². The summed E-state index contributed by atoms with van der Waals surface area (Å²) in [6.07, 6.45) is 1.52. The summed E-state index contributed by atoms with van der Waals surface area (Å²) in [4.78, 5) is 23.8. The molecule has 1 rings (SSSR count). The number of hydrogen-bond acceptors (Lipinski definition) is 3. The Morgan fingerprint density at radius 2 is 1.91 bits per heavy atom. The molecule has 1 unspecified atom stereocenters. The first-order valence-corrected chi connectivity index (χ1v) is 7.33. The molecule has 5 nitrogen and oxygen atoms in total. The maximum Gasteiger partial charge on any atom is 0.251 e. The fraction of sp³-hybridized carbons (Fsp3) is 0.500. The Morgan fingerprint density at radius 3 is 2.41 bits per heavy atom. The van der Waals surface area contributed by atoms with Crippen LogP contribution >= 0.6 is 12.4 Å². The van der Waals surface area contributed by atoms with E-state index in [0.29, 0.717) is 17.7 Å². The SMILES string of the molecule is CCCC(N)C(=O)Nc1ccc(C(=O)NC(C)C)c(C)c1.Cl. The van der Waals surface area contributed by atoms with Gasteiger partial charge in [-0.05, 0) is 51.0 Å². The first kappa shape index (κ1) is 20.4. The predicted octanol–water partition coefficient (Wildman–Crippen LogP) is 2.62. The van der Waals surface area contributed by atoms with Crippen molar-refractivity contribution in [3.63, 3.8) is 0 Å². The molecular formula is C16H26ClN3O2. The lowest BCUT2D eigenvalue weighted by Gasteiger charge is -2.14. The minimum atomic E-state index is -0.501. The zero-order valence-electron chi connectivity index (χ0n) is 13.6. The second kappa shape index (κ2) is 9.43. The molecule has 0 aliphatic carbocycles. The van der Waals surface area contributed by atoms with E-state index in [1.807, 2.05) is 27.7 Å². The maximum atomic E-state index is 12.0. The first-order valence-electron chi connectivity index (χ1n) is 7.33. The molecule has 0 aliphatic rings. The lowest BCUT2D eigenvalue weighted by Crippen LogP contribution is -2.35. The van der Waals surface area contributed by atoms with Crippen molar-refractivity contribution in [3.8, 4) is 0 Å². The number of anilines is 1. The van der Waals surface area contributed by atoms with Crippen LogP contribution < -0.4 is 16.4 Å². The molecule has 0 aromatic heterocycles. The molecule has 0 saturated carbocycles. The summed E-state index contributed by atoms with van der Waals surface area (Å²) in [5, 5.41) is 5.63. The monoisotopic (exact) mass is 327 g/mol. The van der Waals surface area contributed by atoms with E-state index in [1.54, 1.807) is 18.2 Å². The van der Waals surface area contributed by atoms with E-state index in [9.17, 15) is 9.59 Å². The number of halogens is 1. The standard InChI is InChI=1S/C16H25N3O2.ClH/c1-5-6-14(17)16(21)19-12-7-8-13(11(4)9-12)15(20)18-10(2)3;/h7-10,14H,5-6,17H2,1-4H3,(H,18,20)(H,19,21);1H. The molecule has 0 saturated heterocycles. The van der Waals surface area contributed by atoms with Gasteiger partial charge in [-0.25, -0.2) is 0 Å². The highest BCUT2D eigenvalue weighted by Crippen LogP contribution is 2.16. The lowest BCUT2D eigenvalue weighted by atomic mass is 10.1. The summed E-state index contributed by atoms with van der Waals surface area (Å²) in [5.74, 6) is -0.307. The highest BCUT2D eigenvalue weighted by Gasteiger charge is 2.14. The Morgan fingerprint density at radius 1 is 1.27 bits per heavy atom. The highest BCUT2D eigenvalue weighted by atomic mass is 35.5. The van der Waals surface area contributed by atoms with Crippen LogP contribution in [0.25, 0.3) is 0 Å². The van der Waals surface area contributed by atoms with Gasteiger partial charge in [-0.1, -0.05) is 13.3 Å². The fourth-order valence-electron chi connectivity index (χ4n) is 2.01. The molecule has 0 heterocycles. The molecule has 0 bridgehead atoms. The smallest absolute Gasteiger partial charge is 0.251 e. The van der Waals surface area contributed by atoms with E-state index < -0.39 is 6.04 Å². The molecule has 0 spiro atoms. The van der Waals surface area contributed by atoms with Crippen molar-refractivity contribution in [3.05, 3.63) is 29.3 Å². The van der Waals surface area contributed by atoms with E-state index in [1.165, 1.54) is 0 Å². The van der Waals surface area contributed by atoms with Crippen molar-refractivity contribution in [1.29, 1.82) is 0 Å². The Kier molecular flexibility index (Phi) is 8.75. The Balaban J connectivity index is 0.00000441. The highest BCUT2D eigenvalue weighted by molar-refractivity contribution is 5.98. The van der Waals surface area contributed by atoms with Crippen LogP contribution in [0.15, 0.2) is 18.2 Å². The van der Waals surface area contributed by atoms with Crippen LogP contribution in [-0.2, 0) is 4.79 Å². The topological polar surface area (TPSA) is 84.2 Å². The first-order chi connectivity index (χ1) is 9.85. The summed E-state index contributed by atoms with van der Waals surface area (Å²) >= 11 is 0. The van der Waals surface area contributed by atoms with Gasteiger partial charge in [-0.2, -0.15) is 0 Å². The van der Waals surface area contributed by atoms with Gasteiger partial charge in [0.15, 0.2) is 0 Å². The van der Waals surface area contributed by atoms with Crippen LogP contribution in [0.4, 0.5) is 5.69 Å². The van der Waals surface area contributed by atoms with Gasteiger partial charge in [0.1, 0.15) is 0 Å². The third-order valence-corrected chi connectivity index (χ3v) is 3.09. The van der Waals surface area contributed by atoms with E-state index in [2.05, 4.69) is 10.6 Å². The number of carbonyl (C=O) groups excluding carboxylic acids is 2. The predicted molar refractivity (Wildman–Crippen MR) is 92.5 cm³/mol. The van der Waals surface area contributed by atoms with Crippen LogP contribution in [0, 0.1) is 6.92 Å². The molecule has 0 radical (unpaired) electrons. The van der Waals surface area contributed by atoms with E-state index in [0.717, 1.165) is 12.0 Å². The Bertz CT molecular complexity index is 518. The number of carbonyl (C=O) groups is 2. The fourth-order valence-corrected chi connectivity index (χ4v) is 2.01. The quantitative estimate of drug-likeness (QED) is 0.751. The molecule has 1 aromatic carbocycles. The molecule has 0 fully saturated rings. The molecule has 2 amide bonds. The number of nitrogens with one attached hydrogen (secondary N) is 2. The third kappa shape index (κ3) is 6.03. The van der Waals surface area contributed by atoms with E-state index in [-0.39, 0.29) is 30.3 Å². The maximum absolute atomic E-state index is 12.0. The molecule has 1 aromatic rings. The van der Waals surface area contributed by atoms with Gasteiger partial charge in [-0.3, -0.25) is 9.59 Å². The second-order valence-electron chi connectivity index (χ2n) is 5.54. The van der Waals surface area contributed by atoms with Crippen LogP contribution in [0.2, 0.25) is 0 Å². The Hall–Kier alpha value is -1.59. The average molecular weight is 328 g/mol. The number of rotatable bonds is 6. The van der Waals surface area contributed by atoms with Gasteiger partial charge in [0.2, 0.25) is 5.91 Å². The molecule has 4 N–H and O–H groups in total. The molecule has 22 heavy (non-hydrogen) atoms. The molecular weight excluding hydrogens is 302 g/mol. The minimum absolute atomic E-state index is 0. The number of nitrogens with two attached hydrogens (primary N) is 1. The summed E-state index contributed by atoms with van der Waals surface area (Å²) in [6, 6.07) is 4.81. The van der Waals surface area contributed by atoms with Gasteiger partial charge < -0.3 is 16.4 Å². The minimum Gasteiger partial charge on any atom is -0.350 e. The number of aryl methyl sites for hydroxylation is 1. The molecule has 124 valence electrons. The van der Waals surface area contributed by atoms with Crippen molar-refractivity contribution in [2.24, 2.45) is 5.73 Å². The summed E-state index contributed by atoms with van der Waals surface area (Å²) in [7, 11) is 0. The zero-order valence-corrected chi connectivity index (χ0v) is 14.4. The summed E-state index contributed by atoms with van der Waals surface area (Å²) in [6.45, 7) is 7.66. The second-order valence-corrected chi connectivity index (χ2v) is 5.54. The van der Waals surface area contributed by atoms with Gasteiger partial charge in [0, 0.05) is 17.3 Å². The summed E-state index contributed by atoms with van der Waals surface area (Å²) in [5.41, 5.74) is 7.85. The van der Waals surface area contributed by atoms with Crippen molar-refractivity contribution in [1.82, 2.24) is 5.32 Å². The third-order valence-electron chi connectivity index (χ3n) is 3.09. The van der Waals surface area contributed by atoms with Crippen molar-refractivity contribution >= 4 is 29.9 Å². The van der Waals surface area contributed by atoms with Crippen molar-refractivity contribution in [2.75, 3.05) is 5.32 Å². The summed E-state index contributed by atoms with van der Waals surface area (Å²) < 4.78 is 0. The van der Waals surface area contributed by atoms with Crippen molar-refractivity contribution in [2.45, 2.75) is 52.6 Å². The van der Waals surface area contributed by atoms with Gasteiger partial charge in [-0.15, -0.1) is 12.4 Å². The zero-order chi connectivity index (χ0) is 16.0. The number of hydrogen-bond donors (Lipinski definition) is 3. The number of amides is 2. The van der Waals surface area contributed by atoms with Crippen LogP contribution in [-0.4, -0.2) is 23.9 Å².